The molecular weight excluding hydrogens is 388 g/mol. The highest BCUT2D eigenvalue weighted by atomic mass is 16.5. The summed E-state index contributed by atoms with van der Waals surface area (Å²) in [7, 11) is 1.48. The first kappa shape index (κ1) is 19.4. The molecule has 0 aliphatic carbocycles. The number of amides is 1. The summed E-state index contributed by atoms with van der Waals surface area (Å²) in [5.74, 6) is 0.130. The number of nitriles is 1. The van der Waals surface area contributed by atoms with Crippen molar-refractivity contribution in [2.24, 2.45) is 0 Å². The third-order valence-electron chi connectivity index (χ3n) is 4.89. The van der Waals surface area contributed by atoms with Crippen LogP contribution in [-0.4, -0.2) is 47.1 Å². The van der Waals surface area contributed by atoms with E-state index < -0.39 is 11.5 Å². The van der Waals surface area contributed by atoms with Gasteiger partial charge in [-0.1, -0.05) is 12.1 Å². The normalized spacial score (nSPS) is 16.1. The molecular formula is C21H18N4O5. The van der Waals surface area contributed by atoms with Crippen molar-refractivity contribution in [3.8, 4) is 17.7 Å². The average molecular weight is 406 g/mol. The number of rotatable bonds is 4. The van der Waals surface area contributed by atoms with Crippen molar-refractivity contribution in [2.75, 3.05) is 20.2 Å². The molecule has 1 saturated heterocycles. The number of fused-ring (bicyclic) bond motifs is 1. The maximum atomic E-state index is 13.0. The van der Waals surface area contributed by atoms with Crippen LogP contribution in [0, 0.1) is 11.3 Å². The summed E-state index contributed by atoms with van der Waals surface area (Å²) in [6.07, 6.45) is 3.87. The van der Waals surface area contributed by atoms with E-state index in [1.165, 1.54) is 25.6 Å². The first-order valence-electron chi connectivity index (χ1n) is 9.38. The van der Waals surface area contributed by atoms with Crippen LogP contribution in [0.2, 0.25) is 0 Å². The monoisotopic (exact) mass is 406 g/mol. The van der Waals surface area contributed by atoms with E-state index in [2.05, 4.69) is 9.97 Å². The quantitative estimate of drug-likeness (QED) is 0.605. The van der Waals surface area contributed by atoms with Crippen molar-refractivity contribution < 1.29 is 18.7 Å². The van der Waals surface area contributed by atoms with Gasteiger partial charge in [0.2, 0.25) is 5.69 Å². The number of likely N-dealkylation sites (tertiary alicyclic amines) is 1. The zero-order valence-corrected chi connectivity index (χ0v) is 16.2. The number of benzene rings is 1. The van der Waals surface area contributed by atoms with Crippen molar-refractivity contribution in [1.82, 2.24) is 14.9 Å². The molecule has 0 saturated carbocycles. The third kappa shape index (κ3) is 3.67. The van der Waals surface area contributed by atoms with Crippen LogP contribution >= 0.6 is 0 Å². The topological polar surface area (TPSA) is 119 Å². The average Bonchev–Trinajstić information content (AvgIpc) is 2.78. The summed E-state index contributed by atoms with van der Waals surface area (Å²) in [5, 5.41) is 9.74. The molecule has 3 aromatic rings. The molecule has 1 aliphatic heterocycles. The summed E-state index contributed by atoms with van der Waals surface area (Å²) in [4.78, 5) is 35.0. The Morgan fingerprint density at radius 2 is 2.17 bits per heavy atom. The number of methoxy groups -OCH3 is 1. The molecule has 30 heavy (non-hydrogen) atoms. The first-order valence-corrected chi connectivity index (χ1v) is 9.38. The van der Waals surface area contributed by atoms with E-state index in [9.17, 15) is 9.59 Å². The van der Waals surface area contributed by atoms with E-state index in [0.29, 0.717) is 36.1 Å². The van der Waals surface area contributed by atoms with E-state index in [0.717, 1.165) is 0 Å². The lowest BCUT2D eigenvalue weighted by molar-refractivity contribution is 0.0522. The molecule has 2 aromatic heterocycles. The van der Waals surface area contributed by atoms with E-state index >= 15 is 0 Å². The van der Waals surface area contributed by atoms with Crippen LogP contribution in [-0.2, 0) is 0 Å². The molecule has 0 N–H and O–H groups in total. The van der Waals surface area contributed by atoms with Gasteiger partial charge in [-0.2, -0.15) is 5.26 Å². The molecule has 1 unspecified atom stereocenters. The van der Waals surface area contributed by atoms with Gasteiger partial charge in [-0.25, -0.2) is 14.8 Å². The highest BCUT2D eigenvalue weighted by Gasteiger charge is 2.29. The summed E-state index contributed by atoms with van der Waals surface area (Å²) in [6, 6.07) is 8.64. The van der Waals surface area contributed by atoms with Crippen LogP contribution in [0.1, 0.15) is 28.9 Å². The molecule has 1 aromatic carbocycles. The maximum absolute atomic E-state index is 13.0. The molecule has 3 heterocycles. The molecule has 1 aliphatic rings. The number of hydrogen-bond acceptors (Lipinski definition) is 8. The zero-order valence-electron chi connectivity index (χ0n) is 16.2. The Bertz CT molecular complexity index is 1200. The van der Waals surface area contributed by atoms with E-state index in [-0.39, 0.29) is 29.8 Å². The van der Waals surface area contributed by atoms with Crippen LogP contribution in [0.4, 0.5) is 0 Å². The smallest absolute Gasteiger partial charge is 0.349 e. The van der Waals surface area contributed by atoms with Gasteiger partial charge in [0.05, 0.1) is 13.7 Å². The van der Waals surface area contributed by atoms with Crippen LogP contribution in [0.15, 0.2) is 45.9 Å². The Balaban J connectivity index is 1.57. The molecule has 1 atom stereocenters. The number of ether oxygens (including phenoxy) is 2. The van der Waals surface area contributed by atoms with Crippen molar-refractivity contribution in [2.45, 2.75) is 18.9 Å². The maximum Gasteiger partial charge on any atom is 0.349 e. The van der Waals surface area contributed by atoms with E-state index in [1.807, 2.05) is 6.07 Å². The number of aromatic nitrogens is 2. The highest BCUT2D eigenvalue weighted by molar-refractivity contribution is 5.97. The fourth-order valence-electron chi connectivity index (χ4n) is 3.46. The minimum atomic E-state index is -0.722. The van der Waals surface area contributed by atoms with Crippen LogP contribution in [0.3, 0.4) is 0 Å². The number of nitrogens with zero attached hydrogens (tertiary/aromatic N) is 4. The number of para-hydroxylation sites is 1. The Morgan fingerprint density at radius 1 is 1.33 bits per heavy atom. The second-order valence-electron chi connectivity index (χ2n) is 6.78. The van der Waals surface area contributed by atoms with Gasteiger partial charge in [0.15, 0.2) is 11.3 Å². The number of carbonyl (C=O) groups excluding carboxylic acids is 1. The largest absolute Gasteiger partial charge is 0.493 e. The SMILES string of the molecule is COc1cccc2cc(C(=O)N3CCCC(Oc4nccnc4C#N)C3)c(=O)oc12. The number of hydrogen-bond donors (Lipinski definition) is 0. The molecule has 9 heteroatoms. The van der Waals surface area contributed by atoms with Gasteiger partial charge in [0.1, 0.15) is 17.7 Å². The standard InChI is InChI=1S/C21H18N4O5/c1-28-17-6-2-4-13-10-15(21(27)30-18(13)17)20(26)25-9-3-5-14(12-25)29-19-16(11-22)23-7-8-24-19/h2,4,6-8,10,14H,3,5,9,12H2,1H3. The molecule has 0 bridgehead atoms. The molecule has 0 radical (unpaired) electrons. The van der Waals surface area contributed by atoms with Crippen molar-refractivity contribution in [3.63, 3.8) is 0 Å². The van der Waals surface area contributed by atoms with Crippen molar-refractivity contribution in [3.05, 3.63) is 58.3 Å². The molecule has 152 valence electrons. The fourth-order valence-corrected chi connectivity index (χ4v) is 3.46. The molecule has 4 rings (SSSR count). The van der Waals surface area contributed by atoms with Gasteiger partial charge >= 0.3 is 5.63 Å². The lowest BCUT2D eigenvalue weighted by atomic mass is 10.1. The summed E-state index contributed by atoms with van der Waals surface area (Å²) >= 11 is 0. The van der Waals surface area contributed by atoms with Crippen LogP contribution in [0.5, 0.6) is 11.6 Å². The highest BCUT2D eigenvalue weighted by Crippen LogP contribution is 2.25. The molecule has 1 fully saturated rings. The molecule has 0 spiro atoms. The summed E-state index contributed by atoms with van der Waals surface area (Å²) in [6.45, 7) is 0.746. The Hall–Kier alpha value is -3.93. The molecule has 9 nitrogen and oxygen atoms in total. The third-order valence-corrected chi connectivity index (χ3v) is 4.89. The van der Waals surface area contributed by atoms with Gasteiger partial charge in [-0.3, -0.25) is 4.79 Å². The number of carbonyl (C=O) groups is 1. The second kappa shape index (κ2) is 8.21. The van der Waals surface area contributed by atoms with Crippen LogP contribution in [0.25, 0.3) is 11.0 Å². The lowest BCUT2D eigenvalue weighted by Gasteiger charge is -2.32. The Morgan fingerprint density at radius 3 is 2.97 bits per heavy atom. The first-order chi connectivity index (χ1) is 14.6. The number of piperidine rings is 1. The fraction of sp³-hybridized carbons (Fsp3) is 0.286. The Labute approximate surface area is 171 Å². The van der Waals surface area contributed by atoms with Crippen LogP contribution < -0.4 is 15.1 Å². The van der Waals surface area contributed by atoms with Crippen molar-refractivity contribution >= 4 is 16.9 Å². The van der Waals surface area contributed by atoms with Crippen molar-refractivity contribution in [1.29, 1.82) is 5.26 Å². The van der Waals surface area contributed by atoms with E-state index in [4.69, 9.17) is 19.2 Å². The van der Waals surface area contributed by atoms with Gasteiger partial charge in [-0.15, -0.1) is 0 Å². The van der Waals surface area contributed by atoms with Gasteiger partial charge in [-0.05, 0) is 25.0 Å². The Kier molecular flexibility index (Phi) is 5.30. The minimum absolute atomic E-state index is 0.0476. The van der Waals surface area contributed by atoms with Gasteiger partial charge in [0.25, 0.3) is 11.8 Å². The summed E-state index contributed by atoms with van der Waals surface area (Å²) < 4.78 is 16.4. The second-order valence-corrected chi connectivity index (χ2v) is 6.78. The molecule has 1 amide bonds. The lowest BCUT2D eigenvalue weighted by Crippen LogP contribution is -2.45. The predicted octanol–water partition coefficient (Wildman–Crippen LogP) is 2.15. The predicted molar refractivity (Wildman–Crippen MR) is 105 cm³/mol. The minimum Gasteiger partial charge on any atom is -0.493 e. The van der Waals surface area contributed by atoms with E-state index in [1.54, 1.807) is 23.1 Å². The van der Waals surface area contributed by atoms with Gasteiger partial charge in [0, 0.05) is 24.3 Å². The zero-order chi connectivity index (χ0) is 21.1. The van der Waals surface area contributed by atoms with Gasteiger partial charge < -0.3 is 18.8 Å². The summed E-state index contributed by atoms with van der Waals surface area (Å²) in [5.41, 5.74) is -0.382.